The summed E-state index contributed by atoms with van der Waals surface area (Å²) in [4.78, 5) is 16.1. The minimum atomic E-state index is -0.300. The summed E-state index contributed by atoms with van der Waals surface area (Å²) < 4.78 is 3.41. The molecule has 0 saturated heterocycles. The average molecular weight is 351 g/mol. The van der Waals surface area contributed by atoms with Gasteiger partial charge in [0.15, 0.2) is 5.15 Å². The third-order valence-corrected chi connectivity index (χ3v) is 4.44. The number of hydrogen-bond acceptors (Lipinski definition) is 3. The molecule has 4 aromatic rings. The maximum atomic E-state index is 12.0. The van der Waals surface area contributed by atoms with E-state index in [0.29, 0.717) is 12.1 Å². The van der Waals surface area contributed by atoms with Crippen LogP contribution in [0.25, 0.3) is 22.2 Å². The number of fused-ring (bicyclic) bond motifs is 1. The molecule has 0 spiro atoms. The summed E-state index contributed by atoms with van der Waals surface area (Å²) in [5.41, 5.74) is 4.28. The molecule has 0 bridgehead atoms. The summed E-state index contributed by atoms with van der Waals surface area (Å²) in [6, 6.07) is 15.9. The van der Waals surface area contributed by atoms with Gasteiger partial charge in [-0.3, -0.25) is 9.48 Å². The minimum Gasteiger partial charge on any atom is -0.307 e. The second-order valence-corrected chi connectivity index (χ2v) is 6.24. The highest BCUT2D eigenvalue weighted by Gasteiger charge is 2.09. The van der Waals surface area contributed by atoms with Crippen molar-refractivity contribution in [2.24, 2.45) is 7.05 Å². The van der Waals surface area contributed by atoms with Crippen LogP contribution in [-0.2, 0) is 13.6 Å². The van der Waals surface area contributed by atoms with E-state index in [1.807, 2.05) is 53.5 Å². The van der Waals surface area contributed by atoms with Gasteiger partial charge in [-0.15, -0.1) is 0 Å². The lowest BCUT2D eigenvalue weighted by atomic mass is 10.1. The van der Waals surface area contributed by atoms with Crippen LogP contribution in [0.4, 0.5) is 0 Å². The first-order chi connectivity index (χ1) is 12.1. The first-order valence-corrected chi connectivity index (χ1v) is 8.22. The molecule has 2 aromatic heterocycles. The van der Waals surface area contributed by atoms with Crippen molar-refractivity contribution >= 4 is 22.6 Å². The molecule has 0 amide bonds. The van der Waals surface area contributed by atoms with Gasteiger partial charge in [0, 0.05) is 18.8 Å². The van der Waals surface area contributed by atoms with E-state index in [-0.39, 0.29) is 10.7 Å². The van der Waals surface area contributed by atoms with Crippen LogP contribution in [0.1, 0.15) is 5.56 Å². The summed E-state index contributed by atoms with van der Waals surface area (Å²) >= 11 is 5.87. The van der Waals surface area contributed by atoms with Crippen molar-refractivity contribution in [2.75, 3.05) is 0 Å². The molecule has 124 valence electrons. The number of halogens is 1. The Labute approximate surface area is 149 Å². The number of aryl methyl sites for hydroxylation is 1. The van der Waals surface area contributed by atoms with E-state index >= 15 is 0 Å². The van der Waals surface area contributed by atoms with Crippen molar-refractivity contribution in [1.29, 1.82) is 0 Å². The lowest BCUT2D eigenvalue weighted by Gasteiger charge is -2.06. The van der Waals surface area contributed by atoms with Crippen LogP contribution in [0.3, 0.4) is 0 Å². The van der Waals surface area contributed by atoms with Gasteiger partial charge in [-0.2, -0.15) is 5.10 Å². The third-order valence-electron chi connectivity index (χ3n) is 4.19. The molecule has 4 rings (SSSR count). The molecule has 0 atom stereocenters. The largest absolute Gasteiger partial charge is 0.307 e. The van der Waals surface area contributed by atoms with Crippen molar-refractivity contribution in [3.63, 3.8) is 0 Å². The van der Waals surface area contributed by atoms with Crippen LogP contribution in [0.2, 0.25) is 5.15 Å². The standard InChI is InChI=1S/C19H15ClN4O/c1-23-17-9-14(7-8-16(17)22-18(20)19(23)25)15-10-21-24(12-15)11-13-5-3-2-4-6-13/h2-10,12H,11H2,1H3. The number of hydrogen-bond donors (Lipinski definition) is 0. The van der Waals surface area contributed by atoms with Gasteiger partial charge in [0.1, 0.15) is 0 Å². The molecule has 0 fully saturated rings. The first-order valence-electron chi connectivity index (χ1n) is 7.85. The van der Waals surface area contributed by atoms with Crippen LogP contribution in [0.15, 0.2) is 65.7 Å². The SMILES string of the molecule is Cn1c(=O)c(Cl)nc2ccc(-c3cnn(Cc4ccccc4)c3)cc21. The molecule has 0 aliphatic rings. The zero-order valence-corrected chi connectivity index (χ0v) is 14.3. The molecular formula is C19H15ClN4O. The highest BCUT2D eigenvalue weighted by molar-refractivity contribution is 6.29. The topological polar surface area (TPSA) is 52.7 Å². The average Bonchev–Trinajstić information content (AvgIpc) is 3.09. The van der Waals surface area contributed by atoms with Gasteiger partial charge in [0.05, 0.1) is 23.8 Å². The second-order valence-electron chi connectivity index (χ2n) is 5.88. The van der Waals surface area contributed by atoms with Gasteiger partial charge in [-0.25, -0.2) is 4.98 Å². The number of nitrogens with zero attached hydrogens (tertiary/aromatic N) is 4. The van der Waals surface area contributed by atoms with E-state index in [2.05, 4.69) is 22.2 Å². The summed E-state index contributed by atoms with van der Waals surface area (Å²) in [5, 5.41) is 4.42. The number of aromatic nitrogens is 4. The van der Waals surface area contributed by atoms with E-state index < -0.39 is 0 Å². The molecule has 25 heavy (non-hydrogen) atoms. The summed E-state index contributed by atoms with van der Waals surface area (Å²) in [6.45, 7) is 0.712. The monoisotopic (exact) mass is 350 g/mol. The smallest absolute Gasteiger partial charge is 0.288 e. The lowest BCUT2D eigenvalue weighted by Crippen LogP contribution is -2.18. The molecule has 0 aliphatic carbocycles. The lowest BCUT2D eigenvalue weighted by molar-refractivity contribution is 0.687. The molecule has 0 radical (unpaired) electrons. The Morgan fingerprint density at radius 3 is 2.68 bits per heavy atom. The van der Waals surface area contributed by atoms with E-state index in [9.17, 15) is 4.79 Å². The van der Waals surface area contributed by atoms with Crippen molar-refractivity contribution in [2.45, 2.75) is 6.54 Å². The Hall–Kier alpha value is -2.92. The van der Waals surface area contributed by atoms with E-state index in [0.717, 1.165) is 16.6 Å². The molecule has 0 aliphatic heterocycles. The van der Waals surface area contributed by atoms with Crippen LogP contribution < -0.4 is 5.56 Å². The predicted octanol–water partition coefficient (Wildman–Crippen LogP) is 3.50. The van der Waals surface area contributed by atoms with E-state index in [1.165, 1.54) is 10.1 Å². The maximum absolute atomic E-state index is 12.0. The van der Waals surface area contributed by atoms with Crippen LogP contribution >= 0.6 is 11.6 Å². The van der Waals surface area contributed by atoms with E-state index in [4.69, 9.17) is 11.6 Å². The molecule has 2 heterocycles. The highest BCUT2D eigenvalue weighted by atomic mass is 35.5. The fourth-order valence-corrected chi connectivity index (χ4v) is 3.05. The zero-order valence-electron chi connectivity index (χ0n) is 13.6. The Balaban J connectivity index is 1.72. The van der Waals surface area contributed by atoms with Crippen molar-refractivity contribution < 1.29 is 0 Å². The van der Waals surface area contributed by atoms with Crippen molar-refractivity contribution in [3.8, 4) is 11.1 Å². The molecule has 2 aromatic carbocycles. The predicted molar refractivity (Wildman–Crippen MR) is 98.8 cm³/mol. The Kier molecular flexibility index (Phi) is 3.86. The van der Waals surface area contributed by atoms with Gasteiger partial charge >= 0.3 is 0 Å². The summed E-state index contributed by atoms with van der Waals surface area (Å²) in [6.07, 6.45) is 3.82. The van der Waals surface area contributed by atoms with Gasteiger partial charge in [0.25, 0.3) is 5.56 Å². The van der Waals surface area contributed by atoms with Gasteiger partial charge in [0.2, 0.25) is 0 Å². The molecular weight excluding hydrogens is 336 g/mol. The second kappa shape index (κ2) is 6.18. The van der Waals surface area contributed by atoms with Crippen molar-refractivity contribution in [1.82, 2.24) is 19.3 Å². The van der Waals surface area contributed by atoms with Gasteiger partial charge in [-0.1, -0.05) is 48.0 Å². The zero-order chi connectivity index (χ0) is 17.4. The fraction of sp³-hybridized carbons (Fsp3) is 0.105. The third kappa shape index (κ3) is 2.94. The van der Waals surface area contributed by atoms with Crippen LogP contribution in [0, 0.1) is 0 Å². The summed E-state index contributed by atoms with van der Waals surface area (Å²) in [7, 11) is 1.70. The maximum Gasteiger partial charge on any atom is 0.288 e. The van der Waals surface area contributed by atoms with E-state index in [1.54, 1.807) is 7.05 Å². The molecule has 5 nitrogen and oxygen atoms in total. The van der Waals surface area contributed by atoms with Gasteiger partial charge < -0.3 is 4.57 Å². The Morgan fingerprint density at radius 1 is 1.08 bits per heavy atom. The van der Waals surface area contributed by atoms with Crippen LogP contribution in [-0.4, -0.2) is 19.3 Å². The fourth-order valence-electron chi connectivity index (χ4n) is 2.84. The molecule has 6 heteroatoms. The van der Waals surface area contributed by atoms with Crippen molar-refractivity contribution in [3.05, 3.63) is 82.0 Å². The molecule has 0 saturated carbocycles. The quantitative estimate of drug-likeness (QED) is 0.568. The molecule has 0 unspecified atom stereocenters. The minimum absolute atomic E-state index is 0.0153. The van der Waals surface area contributed by atoms with Gasteiger partial charge in [-0.05, 0) is 23.3 Å². The van der Waals surface area contributed by atoms with Crippen LogP contribution in [0.5, 0.6) is 0 Å². The number of benzene rings is 2. The Morgan fingerprint density at radius 2 is 1.88 bits per heavy atom. The Bertz CT molecular complexity index is 1120. The molecule has 0 N–H and O–H groups in total. The summed E-state index contributed by atoms with van der Waals surface area (Å²) in [5.74, 6) is 0. The normalized spacial score (nSPS) is 11.1. The first kappa shape index (κ1) is 15.6. The number of rotatable bonds is 3. The highest BCUT2D eigenvalue weighted by Crippen LogP contribution is 2.23.